The van der Waals surface area contributed by atoms with Gasteiger partial charge in [0.2, 0.25) is 0 Å². The van der Waals surface area contributed by atoms with Gasteiger partial charge < -0.3 is 0 Å². The Hall–Kier alpha value is 1.04. The molecule has 0 unspecified atom stereocenters. The standard InChI is InChI=1S/C5H13AsBr/c1-6(2,3)4-5-7/h4-5H2,1-3H3/q+1. The van der Waals surface area contributed by atoms with Crippen LogP contribution in [-0.2, 0) is 0 Å². The van der Waals surface area contributed by atoms with Crippen molar-refractivity contribution >= 4 is 29.5 Å². The van der Waals surface area contributed by atoms with E-state index in [-0.39, 0.29) is 0 Å². The molecule has 0 aliphatic carbocycles. The quantitative estimate of drug-likeness (QED) is 0.503. The second-order valence-electron chi connectivity index (χ2n) is 2.70. The van der Waals surface area contributed by atoms with Gasteiger partial charge in [-0.05, 0) is 0 Å². The normalized spacial score (nSPS) is 12.0. The maximum atomic E-state index is 3.43. The molecule has 2 heteroatoms. The molecular weight excluding hydrogens is 215 g/mol. The summed E-state index contributed by atoms with van der Waals surface area (Å²) in [5, 5.41) is 2.63. The number of hydrogen-bond donors (Lipinski definition) is 0. The van der Waals surface area contributed by atoms with Crippen LogP contribution in [0.4, 0.5) is 0 Å². The first kappa shape index (κ1) is 8.04. The molecule has 0 spiro atoms. The van der Waals surface area contributed by atoms with Crippen molar-refractivity contribution in [3.05, 3.63) is 0 Å². The van der Waals surface area contributed by atoms with E-state index in [1.54, 1.807) is 0 Å². The van der Waals surface area contributed by atoms with Crippen LogP contribution in [0.3, 0.4) is 0 Å². The van der Waals surface area contributed by atoms with Crippen molar-refractivity contribution < 1.29 is 0 Å². The number of rotatable bonds is 2. The van der Waals surface area contributed by atoms with Crippen LogP contribution in [-0.4, -0.2) is 18.9 Å². The maximum absolute atomic E-state index is 3.43. The third kappa shape index (κ3) is 7.04. The minimum atomic E-state index is -0.991. The SMILES string of the molecule is C[As+](C)(C)CCBr. The molecule has 0 nitrogen and oxygen atoms in total. The fourth-order valence-electron chi connectivity index (χ4n) is 0.254. The summed E-state index contributed by atoms with van der Waals surface area (Å²) < 4.78 is 0. The van der Waals surface area contributed by atoms with Crippen molar-refractivity contribution in [3.8, 4) is 0 Å². The molecule has 44 valence electrons. The summed E-state index contributed by atoms with van der Waals surface area (Å²) in [5.41, 5.74) is 7.25. The van der Waals surface area contributed by atoms with Crippen LogP contribution < -0.4 is 0 Å². The monoisotopic (exact) mass is 227 g/mol. The second-order valence-corrected chi connectivity index (χ2v) is 14.0. The van der Waals surface area contributed by atoms with E-state index in [9.17, 15) is 0 Å². The van der Waals surface area contributed by atoms with Crippen molar-refractivity contribution in [3.63, 3.8) is 0 Å². The van der Waals surface area contributed by atoms with Gasteiger partial charge in [0.25, 0.3) is 0 Å². The van der Waals surface area contributed by atoms with Crippen LogP contribution >= 0.6 is 15.9 Å². The first-order chi connectivity index (χ1) is 3.06. The Morgan fingerprint density at radius 1 is 1.29 bits per heavy atom. The van der Waals surface area contributed by atoms with Crippen LogP contribution in [0.1, 0.15) is 0 Å². The predicted molar refractivity (Wildman–Crippen MR) is 41.9 cm³/mol. The Morgan fingerprint density at radius 3 is 1.71 bits per heavy atom. The molecule has 0 aliphatic heterocycles. The summed E-state index contributed by atoms with van der Waals surface area (Å²) >= 11 is 2.44. The van der Waals surface area contributed by atoms with Gasteiger partial charge in [0, 0.05) is 0 Å². The zero-order valence-electron chi connectivity index (χ0n) is 5.24. The molecule has 0 aromatic heterocycles. The summed E-state index contributed by atoms with van der Waals surface area (Å²) in [6.07, 6.45) is 0. The third-order valence-electron chi connectivity index (χ3n) is 0.755. The molecule has 0 saturated heterocycles. The average Bonchev–Trinajstić information content (AvgIpc) is 1.30. The summed E-state index contributed by atoms with van der Waals surface area (Å²) in [6, 6.07) is 0. The summed E-state index contributed by atoms with van der Waals surface area (Å²) in [7, 11) is 0. The van der Waals surface area contributed by atoms with Gasteiger partial charge in [-0.2, -0.15) is 0 Å². The van der Waals surface area contributed by atoms with E-state index >= 15 is 0 Å². The van der Waals surface area contributed by atoms with Crippen molar-refractivity contribution in [2.75, 3.05) is 5.33 Å². The molecule has 0 rings (SSSR count). The van der Waals surface area contributed by atoms with Crippen LogP contribution in [0.25, 0.3) is 0 Å². The molecule has 0 aliphatic rings. The average molecular weight is 228 g/mol. The van der Waals surface area contributed by atoms with Crippen LogP contribution in [0.5, 0.6) is 0 Å². The molecule has 7 heavy (non-hydrogen) atoms. The Balaban J connectivity index is 3.15. The number of halogens is 1. The predicted octanol–water partition coefficient (Wildman–Crippen LogP) is 2.72. The Bertz CT molecular complexity index is 46.5. The molecule has 0 aromatic carbocycles. The summed E-state index contributed by atoms with van der Waals surface area (Å²) in [4.78, 5) is 0. The molecule has 0 saturated carbocycles. The summed E-state index contributed by atoms with van der Waals surface area (Å²) in [6.45, 7) is 0. The Morgan fingerprint density at radius 2 is 1.71 bits per heavy atom. The van der Waals surface area contributed by atoms with Gasteiger partial charge >= 0.3 is 57.2 Å². The van der Waals surface area contributed by atoms with Gasteiger partial charge in [-0.15, -0.1) is 0 Å². The fourth-order valence-corrected chi connectivity index (χ4v) is 6.85. The molecule has 0 amide bonds. The Kier molecular flexibility index (Phi) is 3.61. The zero-order valence-corrected chi connectivity index (χ0v) is 8.70. The molecule has 0 atom stereocenters. The van der Waals surface area contributed by atoms with Gasteiger partial charge in [-0.3, -0.25) is 0 Å². The van der Waals surface area contributed by atoms with Gasteiger partial charge in [-0.1, -0.05) is 0 Å². The molecule has 0 aromatic rings. The van der Waals surface area contributed by atoms with Crippen LogP contribution in [0.15, 0.2) is 0 Å². The topological polar surface area (TPSA) is 0 Å². The molecular formula is C5H13AsBr+. The molecule has 0 fully saturated rings. The van der Waals surface area contributed by atoms with E-state index in [4.69, 9.17) is 0 Å². The first-order valence-corrected chi connectivity index (χ1v) is 10.5. The van der Waals surface area contributed by atoms with Gasteiger partial charge in [0.15, 0.2) is 0 Å². The third-order valence-corrected chi connectivity index (χ3v) is 5.77. The Labute approximate surface area is 57.3 Å². The number of hydrogen-bond acceptors (Lipinski definition) is 0. The van der Waals surface area contributed by atoms with Crippen molar-refractivity contribution in [2.45, 2.75) is 22.3 Å². The first-order valence-electron chi connectivity index (χ1n) is 2.43. The van der Waals surface area contributed by atoms with Gasteiger partial charge in [0.05, 0.1) is 0 Å². The van der Waals surface area contributed by atoms with Gasteiger partial charge in [0.1, 0.15) is 0 Å². The van der Waals surface area contributed by atoms with E-state index in [1.807, 2.05) is 0 Å². The second kappa shape index (κ2) is 3.14. The van der Waals surface area contributed by atoms with Crippen molar-refractivity contribution in [2.24, 2.45) is 0 Å². The molecule has 0 bridgehead atoms. The minimum absolute atomic E-state index is 0.991. The van der Waals surface area contributed by atoms with Crippen molar-refractivity contribution in [1.29, 1.82) is 0 Å². The fraction of sp³-hybridized carbons (Fsp3) is 1.00. The van der Waals surface area contributed by atoms with Gasteiger partial charge in [-0.25, -0.2) is 0 Å². The molecule has 0 radical (unpaired) electrons. The molecule has 0 heterocycles. The van der Waals surface area contributed by atoms with E-state index < -0.39 is 13.6 Å². The van der Waals surface area contributed by atoms with E-state index in [0.717, 1.165) is 0 Å². The summed E-state index contributed by atoms with van der Waals surface area (Å²) in [5.74, 6) is 0. The van der Waals surface area contributed by atoms with Crippen molar-refractivity contribution in [1.82, 2.24) is 0 Å². The van der Waals surface area contributed by atoms with Crippen LogP contribution in [0.2, 0.25) is 22.3 Å². The van der Waals surface area contributed by atoms with E-state index in [1.165, 1.54) is 10.5 Å². The van der Waals surface area contributed by atoms with Crippen LogP contribution in [0, 0.1) is 0 Å². The number of alkyl halides is 1. The van der Waals surface area contributed by atoms with E-state index in [0.29, 0.717) is 0 Å². The van der Waals surface area contributed by atoms with E-state index in [2.05, 4.69) is 33.1 Å². The zero-order chi connectivity index (χ0) is 5.91. The molecule has 0 N–H and O–H groups in total.